The average Bonchev–Trinajstić information content (AvgIpc) is 2.72. The largest absolute Gasteiger partial charge is 0.395 e. The van der Waals surface area contributed by atoms with Gasteiger partial charge >= 0.3 is 0 Å². The summed E-state index contributed by atoms with van der Waals surface area (Å²) in [6.45, 7) is 9.85. The summed E-state index contributed by atoms with van der Waals surface area (Å²) < 4.78 is 0. The lowest BCUT2D eigenvalue weighted by Crippen LogP contribution is -2.34. The number of hydrogen-bond donors (Lipinski definition) is 1. The Labute approximate surface area is 188 Å². The molecule has 2 rings (SSSR count). The monoisotopic (exact) mass is 431 g/mol. The number of amides is 2. The Hall–Kier alpha value is -1.92. The second-order valence-electron chi connectivity index (χ2n) is 9.19. The molecule has 6 heteroatoms. The van der Waals surface area contributed by atoms with Crippen molar-refractivity contribution in [1.29, 1.82) is 0 Å². The smallest absolute Gasteiger partial charge is 0.253 e. The summed E-state index contributed by atoms with van der Waals surface area (Å²) in [7, 11) is 1.70. The van der Waals surface area contributed by atoms with Crippen molar-refractivity contribution in [3.05, 3.63) is 29.3 Å². The van der Waals surface area contributed by atoms with Crippen LogP contribution in [0.1, 0.15) is 75.2 Å². The minimum Gasteiger partial charge on any atom is -0.395 e. The molecule has 0 radical (unpaired) electrons. The van der Waals surface area contributed by atoms with Gasteiger partial charge in [-0.15, -0.1) is 0 Å². The third kappa shape index (κ3) is 7.93. The third-order valence-corrected chi connectivity index (χ3v) is 6.05. The number of carbonyl (C=O) groups is 2. The van der Waals surface area contributed by atoms with Gasteiger partial charge in [-0.3, -0.25) is 14.5 Å². The Kier molecular flexibility index (Phi) is 10.5. The van der Waals surface area contributed by atoms with E-state index in [1.54, 1.807) is 14.0 Å². The average molecular weight is 432 g/mol. The molecule has 174 valence electrons. The van der Waals surface area contributed by atoms with Crippen molar-refractivity contribution in [2.24, 2.45) is 5.92 Å². The summed E-state index contributed by atoms with van der Waals surface area (Å²) in [5.41, 5.74) is 2.56. The van der Waals surface area contributed by atoms with Crippen LogP contribution in [0, 0.1) is 5.92 Å². The number of fused-ring (bicyclic) bond motifs is 1. The highest BCUT2D eigenvalue weighted by Gasteiger charge is 2.21. The fourth-order valence-corrected chi connectivity index (χ4v) is 4.12. The van der Waals surface area contributed by atoms with Crippen LogP contribution in [-0.2, 0) is 11.3 Å². The van der Waals surface area contributed by atoms with E-state index >= 15 is 0 Å². The molecule has 0 fully saturated rings. The standard InChI is InChI=1S/C25H41N3O3/c1-20(2)12-15-27-13-8-6-5-7-9-14-28(21(3)30)24-11-10-22(18-23(24)19-27)25(31)26(4)16-17-29/h10-11,18,20,29H,5-9,12-17,19H2,1-4H3. The lowest BCUT2D eigenvalue weighted by molar-refractivity contribution is -0.116. The molecule has 0 bridgehead atoms. The van der Waals surface area contributed by atoms with Gasteiger partial charge in [0.25, 0.3) is 5.91 Å². The van der Waals surface area contributed by atoms with Crippen LogP contribution in [0.15, 0.2) is 18.2 Å². The van der Waals surface area contributed by atoms with Gasteiger partial charge in [-0.2, -0.15) is 0 Å². The molecule has 0 saturated carbocycles. The van der Waals surface area contributed by atoms with Crippen LogP contribution in [-0.4, -0.2) is 66.6 Å². The fourth-order valence-electron chi connectivity index (χ4n) is 4.12. The molecule has 1 aromatic rings. The Morgan fingerprint density at radius 2 is 1.77 bits per heavy atom. The van der Waals surface area contributed by atoms with Gasteiger partial charge in [0.05, 0.1) is 6.61 Å². The van der Waals surface area contributed by atoms with E-state index in [4.69, 9.17) is 0 Å². The Balaban J connectivity index is 2.42. The van der Waals surface area contributed by atoms with E-state index in [1.165, 1.54) is 24.2 Å². The first-order valence-electron chi connectivity index (χ1n) is 11.8. The number of likely N-dealkylation sites (N-methyl/N-ethyl adjacent to an activating group) is 1. The third-order valence-electron chi connectivity index (χ3n) is 6.05. The quantitative estimate of drug-likeness (QED) is 0.742. The predicted octanol–water partition coefficient (Wildman–Crippen LogP) is 3.92. The first-order chi connectivity index (χ1) is 14.8. The molecule has 31 heavy (non-hydrogen) atoms. The van der Waals surface area contributed by atoms with Crippen LogP contribution in [0.25, 0.3) is 0 Å². The van der Waals surface area contributed by atoms with E-state index in [9.17, 15) is 14.7 Å². The maximum absolute atomic E-state index is 12.8. The van der Waals surface area contributed by atoms with Gasteiger partial charge < -0.3 is 14.9 Å². The van der Waals surface area contributed by atoms with E-state index in [-0.39, 0.29) is 18.4 Å². The van der Waals surface area contributed by atoms with Crippen LogP contribution in [0.3, 0.4) is 0 Å². The lowest BCUT2D eigenvalue weighted by Gasteiger charge is -2.29. The number of nitrogens with zero attached hydrogens (tertiary/aromatic N) is 3. The van der Waals surface area contributed by atoms with Gasteiger partial charge in [0.15, 0.2) is 0 Å². The summed E-state index contributed by atoms with van der Waals surface area (Å²) in [4.78, 5) is 31.2. The number of anilines is 1. The second kappa shape index (κ2) is 12.8. The van der Waals surface area contributed by atoms with Gasteiger partial charge in [0, 0.05) is 44.9 Å². The molecule has 0 spiro atoms. The first kappa shape index (κ1) is 25.3. The highest BCUT2D eigenvalue weighted by Crippen LogP contribution is 2.26. The molecule has 1 aromatic carbocycles. The van der Waals surface area contributed by atoms with Crippen LogP contribution in [0.5, 0.6) is 0 Å². The molecule has 1 aliphatic rings. The predicted molar refractivity (Wildman–Crippen MR) is 126 cm³/mol. The SMILES string of the molecule is CC(=O)N1CCCCCCCN(CCC(C)C)Cc2cc(C(=O)N(C)CCO)ccc21. The van der Waals surface area contributed by atoms with Gasteiger partial charge in [0.1, 0.15) is 0 Å². The van der Waals surface area contributed by atoms with Crippen LogP contribution < -0.4 is 4.90 Å². The number of benzene rings is 1. The van der Waals surface area contributed by atoms with Gasteiger partial charge in [-0.05, 0) is 62.0 Å². The van der Waals surface area contributed by atoms with Crippen molar-refractivity contribution < 1.29 is 14.7 Å². The molecule has 2 amide bonds. The zero-order valence-corrected chi connectivity index (χ0v) is 19.9. The molecule has 0 unspecified atom stereocenters. The first-order valence-corrected chi connectivity index (χ1v) is 11.8. The van der Waals surface area contributed by atoms with Crippen molar-refractivity contribution in [2.75, 3.05) is 44.7 Å². The second-order valence-corrected chi connectivity index (χ2v) is 9.19. The molecule has 1 heterocycles. The molecular weight excluding hydrogens is 390 g/mol. The molecule has 0 saturated heterocycles. The van der Waals surface area contributed by atoms with Gasteiger partial charge in [0.2, 0.25) is 5.91 Å². The maximum Gasteiger partial charge on any atom is 0.253 e. The summed E-state index contributed by atoms with van der Waals surface area (Å²) >= 11 is 0. The molecule has 1 aliphatic heterocycles. The fraction of sp³-hybridized carbons (Fsp3) is 0.680. The van der Waals surface area contributed by atoms with Crippen LogP contribution in [0.2, 0.25) is 0 Å². The summed E-state index contributed by atoms with van der Waals surface area (Å²) in [6, 6.07) is 5.70. The van der Waals surface area contributed by atoms with Crippen LogP contribution in [0.4, 0.5) is 5.69 Å². The number of aliphatic hydroxyl groups is 1. The van der Waals surface area contributed by atoms with E-state index in [2.05, 4.69) is 18.7 Å². The minimum atomic E-state index is -0.105. The molecule has 0 aromatic heterocycles. The normalized spacial score (nSPS) is 16.4. The van der Waals surface area contributed by atoms with Crippen molar-refractivity contribution in [3.8, 4) is 0 Å². The number of carbonyl (C=O) groups excluding carboxylic acids is 2. The van der Waals surface area contributed by atoms with Crippen molar-refractivity contribution >= 4 is 17.5 Å². The highest BCUT2D eigenvalue weighted by molar-refractivity contribution is 5.97. The van der Waals surface area contributed by atoms with E-state index in [1.807, 2.05) is 23.1 Å². The highest BCUT2D eigenvalue weighted by atomic mass is 16.3. The molecule has 0 aliphatic carbocycles. The van der Waals surface area contributed by atoms with E-state index < -0.39 is 0 Å². The molecule has 6 nitrogen and oxygen atoms in total. The summed E-state index contributed by atoms with van der Waals surface area (Å²) in [5, 5.41) is 9.19. The zero-order valence-electron chi connectivity index (χ0n) is 19.9. The maximum atomic E-state index is 12.8. The van der Waals surface area contributed by atoms with Crippen molar-refractivity contribution in [1.82, 2.24) is 9.80 Å². The number of rotatable bonds is 6. The number of hydrogen-bond acceptors (Lipinski definition) is 4. The summed E-state index contributed by atoms with van der Waals surface area (Å²) in [6.07, 6.45) is 6.87. The Morgan fingerprint density at radius 1 is 1.10 bits per heavy atom. The summed E-state index contributed by atoms with van der Waals surface area (Å²) in [5.74, 6) is 0.573. The Morgan fingerprint density at radius 3 is 2.42 bits per heavy atom. The number of aliphatic hydroxyl groups excluding tert-OH is 1. The van der Waals surface area contributed by atoms with Crippen molar-refractivity contribution in [3.63, 3.8) is 0 Å². The Bertz CT molecular complexity index is 720. The van der Waals surface area contributed by atoms with Gasteiger partial charge in [-0.25, -0.2) is 0 Å². The van der Waals surface area contributed by atoms with Gasteiger partial charge in [-0.1, -0.05) is 33.1 Å². The van der Waals surface area contributed by atoms with Crippen LogP contribution >= 0.6 is 0 Å². The van der Waals surface area contributed by atoms with E-state index in [0.717, 1.165) is 50.1 Å². The molecular formula is C25H41N3O3. The van der Waals surface area contributed by atoms with E-state index in [0.29, 0.717) is 24.6 Å². The molecule has 1 N–H and O–H groups in total. The zero-order chi connectivity index (χ0) is 22.8. The molecule has 0 atom stereocenters. The minimum absolute atomic E-state index is 0.0449. The lowest BCUT2D eigenvalue weighted by atomic mass is 10.0. The van der Waals surface area contributed by atoms with Crippen molar-refractivity contribution in [2.45, 2.75) is 65.8 Å². The topological polar surface area (TPSA) is 64.1 Å².